The molecule has 1 saturated heterocycles. The number of nitrogens with zero attached hydrogens (tertiary/aromatic N) is 1. The van der Waals surface area contributed by atoms with Crippen LogP contribution in [0.15, 0.2) is 0 Å². The first kappa shape index (κ1) is 36.3. The number of ether oxygens (including phenoxy) is 2. The van der Waals surface area contributed by atoms with Gasteiger partial charge in [-0.2, -0.15) is 0 Å². The molecule has 3 atom stereocenters. The topological polar surface area (TPSA) is 79.2 Å². The third-order valence-electron chi connectivity index (χ3n) is 7.95. The van der Waals surface area contributed by atoms with E-state index >= 15 is 0 Å². The number of carbonyl (C=O) groups is 1. The number of hydrogen-bond acceptors (Lipinski definition) is 6. The summed E-state index contributed by atoms with van der Waals surface area (Å²) in [6.07, 6.45) is 23.2. The number of rotatable bonds is 27. The summed E-state index contributed by atoms with van der Waals surface area (Å²) in [7, 11) is 0. The first-order valence-corrected chi connectivity index (χ1v) is 16.8. The molecular weight excluding hydrogens is 490 g/mol. The number of hydrogen-bond donors (Lipinski definition) is 2. The van der Waals surface area contributed by atoms with E-state index in [1.165, 1.54) is 89.9 Å². The SMILES string of the molecule is CCCCCCCCCCC(O)CN(CCCCC1OC(C)(C)OC1=O)CC(O)CCCCCCCCCC. The molecule has 1 fully saturated rings. The van der Waals surface area contributed by atoms with Crippen LogP contribution in [0.3, 0.4) is 0 Å². The van der Waals surface area contributed by atoms with E-state index in [4.69, 9.17) is 9.47 Å². The fraction of sp³-hybridized carbons (Fsp3) is 0.970. The highest BCUT2D eigenvalue weighted by Crippen LogP contribution is 2.26. The maximum Gasteiger partial charge on any atom is 0.337 e. The molecule has 1 aliphatic heterocycles. The lowest BCUT2D eigenvalue weighted by Gasteiger charge is -2.27. The van der Waals surface area contributed by atoms with Gasteiger partial charge in [0.15, 0.2) is 6.10 Å². The highest BCUT2D eigenvalue weighted by Gasteiger charge is 2.40. The summed E-state index contributed by atoms with van der Waals surface area (Å²) in [6, 6.07) is 0. The van der Waals surface area contributed by atoms with E-state index in [-0.39, 0.29) is 18.2 Å². The van der Waals surface area contributed by atoms with E-state index in [1.54, 1.807) is 13.8 Å². The van der Waals surface area contributed by atoms with Crippen LogP contribution in [0.25, 0.3) is 0 Å². The first-order valence-electron chi connectivity index (χ1n) is 16.8. The summed E-state index contributed by atoms with van der Waals surface area (Å²) in [6.45, 7) is 10.1. The van der Waals surface area contributed by atoms with Gasteiger partial charge in [0.1, 0.15) is 0 Å². The molecule has 0 spiro atoms. The van der Waals surface area contributed by atoms with Crippen LogP contribution >= 0.6 is 0 Å². The van der Waals surface area contributed by atoms with Crippen LogP contribution in [0.2, 0.25) is 0 Å². The number of carbonyl (C=O) groups excluding carboxylic acids is 1. The highest BCUT2D eigenvalue weighted by atomic mass is 16.8. The van der Waals surface area contributed by atoms with E-state index in [1.807, 2.05) is 0 Å². The van der Waals surface area contributed by atoms with Crippen molar-refractivity contribution in [3.63, 3.8) is 0 Å². The molecule has 0 radical (unpaired) electrons. The van der Waals surface area contributed by atoms with Crippen molar-refractivity contribution in [1.29, 1.82) is 0 Å². The van der Waals surface area contributed by atoms with E-state index in [9.17, 15) is 15.0 Å². The standard InChI is InChI=1S/C33H65NO5/c1-5-7-9-11-13-15-17-19-23-29(35)27-34(26-22-21-25-31-32(37)39-33(3,4)38-31)28-30(36)24-20-18-16-14-12-10-8-6-2/h29-31,35-36H,5-28H2,1-4H3. The molecule has 1 rings (SSSR count). The van der Waals surface area contributed by atoms with Crippen molar-refractivity contribution in [3.8, 4) is 0 Å². The van der Waals surface area contributed by atoms with Crippen molar-refractivity contribution in [1.82, 2.24) is 4.90 Å². The number of aliphatic hydroxyl groups excluding tert-OH is 2. The van der Waals surface area contributed by atoms with Gasteiger partial charge < -0.3 is 19.7 Å². The van der Waals surface area contributed by atoms with Crippen molar-refractivity contribution in [2.24, 2.45) is 0 Å². The lowest BCUT2D eigenvalue weighted by molar-refractivity contribution is -0.160. The van der Waals surface area contributed by atoms with E-state index < -0.39 is 11.9 Å². The van der Waals surface area contributed by atoms with Crippen LogP contribution in [0.4, 0.5) is 0 Å². The van der Waals surface area contributed by atoms with Crippen molar-refractivity contribution in [3.05, 3.63) is 0 Å². The van der Waals surface area contributed by atoms with Crippen molar-refractivity contribution >= 4 is 5.97 Å². The second-order valence-corrected chi connectivity index (χ2v) is 12.5. The molecule has 2 N–H and O–H groups in total. The van der Waals surface area contributed by atoms with Gasteiger partial charge in [-0.1, -0.05) is 117 Å². The molecule has 6 nitrogen and oxygen atoms in total. The summed E-state index contributed by atoms with van der Waals surface area (Å²) in [5.41, 5.74) is 0. The zero-order chi connectivity index (χ0) is 28.8. The fourth-order valence-corrected chi connectivity index (χ4v) is 5.63. The van der Waals surface area contributed by atoms with Crippen molar-refractivity contribution in [2.75, 3.05) is 19.6 Å². The van der Waals surface area contributed by atoms with Gasteiger partial charge >= 0.3 is 5.97 Å². The van der Waals surface area contributed by atoms with Crippen molar-refractivity contribution in [2.45, 2.75) is 187 Å². The van der Waals surface area contributed by atoms with E-state index in [0.29, 0.717) is 19.5 Å². The molecule has 0 aliphatic carbocycles. The predicted octanol–water partition coefficient (Wildman–Crippen LogP) is 7.92. The number of esters is 1. The fourth-order valence-electron chi connectivity index (χ4n) is 5.63. The molecule has 6 heteroatoms. The smallest absolute Gasteiger partial charge is 0.337 e. The van der Waals surface area contributed by atoms with Crippen molar-refractivity contribution < 1.29 is 24.5 Å². The maximum atomic E-state index is 12.0. The Kier molecular flexibility index (Phi) is 21.4. The van der Waals surface area contributed by atoms with Crippen LogP contribution in [0.1, 0.15) is 163 Å². The van der Waals surface area contributed by atoms with Gasteiger partial charge in [0.05, 0.1) is 12.2 Å². The predicted molar refractivity (Wildman–Crippen MR) is 162 cm³/mol. The Morgan fingerprint density at radius 3 is 1.54 bits per heavy atom. The zero-order valence-electron chi connectivity index (χ0n) is 26.3. The Hall–Kier alpha value is -0.690. The minimum absolute atomic E-state index is 0.265. The lowest BCUT2D eigenvalue weighted by Crippen LogP contribution is -2.38. The van der Waals surface area contributed by atoms with E-state index in [2.05, 4.69) is 18.7 Å². The quantitative estimate of drug-likeness (QED) is 0.0792. The van der Waals surface area contributed by atoms with Crippen LogP contribution in [-0.2, 0) is 14.3 Å². The average Bonchev–Trinajstić information content (AvgIpc) is 3.15. The second-order valence-electron chi connectivity index (χ2n) is 12.5. The molecule has 3 unspecified atom stereocenters. The molecule has 0 aromatic heterocycles. The number of aliphatic hydroxyl groups is 2. The van der Waals surface area contributed by atoms with Gasteiger partial charge in [0.2, 0.25) is 5.79 Å². The Morgan fingerprint density at radius 1 is 0.692 bits per heavy atom. The van der Waals surface area contributed by atoms with Crippen LogP contribution in [0, 0.1) is 0 Å². The van der Waals surface area contributed by atoms with Gasteiger partial charge in [0.25, 0.3) is 0 Å². The Bertz CT molecular complexity index is 556. The molecule has 1 aliphatic rings. The number of unbranched alkanes of at least 4 members (excludes halogenated alkanes) is 15. The largest absolute Gasteiger partial charge is 0.432 e. The molecule has 0 amide bonds. The van der Waals surface area contributed by atoms with Crippen LogP contribution < -0.4 is 0 Å². The zero-order valence-corrected chi connectivity index (χ0v) is 26.3. The molecule has 39 heavy (non-hydrogen) atoms. The minimum Gasteiger partial charge on any atom is -0.432 e. The van der Waals surface area contributed by atoms with Crippen LogP contribution in [0.5, 0.6) is 0 Å². The third kappa shape index (κ3) is 19.9. The molecule has 232 valence electrons. The summed E-state index contributed by atoms with van der Waals surface area (Å²) >= 11 is 0. The van der Waals surface area contributed by atoms with Gasteiger partial charge in [-0.15, -0.1) is 0 Å². The molecule has 1 heterocycles. The molecule has 0 saturated carbocycles. The molecule has 0 bridgehead atoms. The summed E-state index contributed by atoms with van der Waals surface area (Å²) in [5.74, 6) is -1.09. The lowest BCUT2D eigenvalue weighted by atomic mass is 10.0. The molecular formula is C33H65NO5. The molecule has 0 aromatic carbocycles. The Balaban J connectivity index is 2.35. The van der Waals surface area contributed by atoms with Gasteiger partial charge in [-0.3, -0.25) is 4.90 Å². The summed E-state index contributed by atoms with van der Waals surface area (Å²) in [4.78, 5) is 14.2. The van der Waals surface area contributed by atoms with Crippen LogP contribution in [-0.4, -0.2) is 64.8 Å². The Morgan fingerprint density at radius 2 is 1.13 bits per heavy atom. The second kappa shape index (κ2) is 22.9. The summed E-state index contributed by atoms with van der Waals surface area (Å²) < 4.78 is 11.0. The first-order chi connectivity index (χ1) is 18.8. The van der Waals surface area contributed by atoms with Gasteiger partial charge in [-0.25, -0.2) is 4.79 Å². The van der Waals surface area contributed by atoms with E-state index in [0.717, 1.165) is 45.1 Å². The van der Waals surface area contributed by atoms with Gasteiger partial charge in [-0.05, 0) is 38.6 Å². The summed E-state index contributed by atoms with van der Waals surface area (Å²) in [5, 5.41) is 21.5. The Labute approximate surface area is 241 Å². The maximum absolute atomic E-state index is 12.0. The molecule has 0 aromatic rings. The average molecular weight is 556 g/mol. The minimum atomic E-state index is -0.826. The third-order valence-corrected chi connectivity index (χ3v) is 7.95. The van der Waals surface area contributed by atoms with Gasteiger partial charge in [0, 0.05) is 26.9 Å². The normalized spacial score (nSPS) is 18.5. The number of cyclic esters (lactones) is 1. The monoisotopic (exact) mass is 555 g/mol. The highest BCUT2D eigenvalue weighted by molar-refractivity contribution is 5.76.